The van der Waals surface area contributed by atoms with Crippen molar-refractivity contribution in [1.82, 2.24) is 15.6 Å². The summed E-state index contributed by atoms with van der Waals surface area (Å²) in [6.45, 7) is 5.63. The number of aliphatic imine (C=N–C) groups is 1. The highest BCUT2D eigenvalue weighted by Crippen LogP contribution is 2.10. The van der Waals surface area contributed by atoms with Gasteiger partial charge in [0.25, 0.3) is 0 Å². The van der Waals surface area contributed by atoms with Crippen LogP contribution in [0.3, 0.4) is 0 Å². The van der Waals surface area contributed by atoms with E-state index in [0.29, 0.717) is 6.54 Å². The predicted octanol–water partition coefficient (Wildman–Crippen LogP) is 3.25. The summed E-state index contributed by atoms with van der Waals surface area (Å²) >= 11 is 0. The predicted molar refractivity (Wildman–Crippen MR) is 117 cm³/mol. The van der Waals surface area contributed by atoms with Gasteiger partial charge in [0.2, 0.25) is 0 Å². The molecule has 1 aromatic carbocycles. The van der Waals surface area contributed by atoms with Gasteiger partial charge in [0.05, 0.1) is 12.2 Å². The summed E-state index contributed by atoms with van der Waals surface area (Å²) in [5.74, 6) is 1.72. The lowest BCUT2D eigenvalue weighted by atomic mass is 10.1. The molecule has 0 amide bonds. The van der Waals surface area contributed by atoms with Crippen molar-refractivity contribution in [2.24, 2.45) is 4.99 Å². The van der Waals surface area contributed by atoms with Crippen molar-refractivity contribution >= 4 is 35.8 Å². The number of aryl methyl sites for hydroxylation is 2. The zero-order chi connectivity index (χ0) is 17.5. The summed E-state index contributed by atoms with van der Waals surface area (Å²) in [5, 5.41) is 6.67. The summed E-state index contributed by atoms with van der Waals surface area (Å²) in [6, 6.07) is 12.5. The molecule has 2 rings (SSSR count). The molecule has 0 aliphatic rings. The molecule has 2 aromatic rings. The van der Waals surface area contributed by atoms with Crippen LogP contribution in [-0.2, 0) is 13.1 Å². The molecule has 0 aliphatic heterocycles. The van der Waals surface area contributed by atoms with E-state index in [2.05, 4.69) is 52.7 Å². The van der Waals surface area contributed by atoms with E-state index in [1.807, 2.05) is 37.2 Å². The zero-order valence-corrected chi connectivity index (χ0v) is 18.0. The maximum absolute atomic E-state index is 4.60. The Bertz CT molecular complexity index is 713. The van der Waals surface area contributed by atoms with Crippen molar-refractivity contribution in [3.63, 3.8) is 0 Å². The van der Waals surface area contributed by atoms with Gasteiger partial charge in [-0.3, -0.25) is 4.99 Å². The van der Waals surface area contributed by atoms with Crippen LogP contribution in [0.1, 0.15) is 22.4 Å². The summed E-state index contributed by atoms with van der Waals surface area (Å²) in [6.07, 6.45) is 0. The minimum Gasteiger partial charge on any atom is -0.363 e. The number of nitrogens with one attached hydrogen (secondary N) is 2. The van der Waals surface area contributed by atoms with Gasteiger partial charge in [0.15, 0.2) is 5.96 Å². The molecule has 0 saturated carbocycles. The molecule has 1 heterocycles. The van der Waals surface area contributed by atoms with Crippen LogP contribution in [0, 0.1) is 13.8 Å². The first kappa shape index (κ1) is 21.2. The molecule has 0 unspecified atom stereocenters. The highest BCUT2D eigenvalue weighted by Gasteiger charge is 2.03. The van der Waals surface area contributed by atoms with Gasteiger partial charge in [0.1, 0.15) is 5.82 Å². The maximum atomic E-state index is 4.60. The highest BCUT2D eigenvalue weighted by molar-refractivity contribution is 14.0. The lowest BCUT2D eigenvalue weighted by molar-refractivity contribution is 0.790. The third-order valence-electron chi connectivity index (χ3n) is 3.86. The fraction of sp³-hybridized carbons (Fsp3) is 0.368. The SMILES string of the molecule is CN=C(NCc1cccc(N(C)C)n1)NCc1ccc(C)cc1C.I. The first-order valence-corrected chi connectivity index (χ1v) is 8.13. The number of rotatable bonds is 5. The first-order valence-electron chi connectivity index (χ1n) is 8.13. The van der Waals surface area contributed by atoms with E-state index < -0.39 is 0 Å². The molecular formula is C19H28IN5. The number of hydrogen-bond acceptors (Lipinski definition) is 3. The van der Waals surface area contributed by atoms with Gasteiger partial charge < -0.3 is 15.5 Å². The highest BCUT2D eigenvalue weighted by atomic mass is 127. The molecule has 0 spiro atoms. The molecule has 5 nitrogen and oxygen atoms in total. The van der Waals surface area contributed by atoms with Gasteiger partial charge in [0, 0.05) is 27.7 Å². The fourth-order valence-electron chi connectivity index (χ4n) is 2.43. The van der Waals surface area contributed by atoms with Crippen LogP contribution in [0.25, 0.3) is 0 Å². The van der Waals surface area contributed by atoms with E-state index in [1.165, 1.54) is 16.7 Å². The van der Waals surface area contributed by atoms with Crippen molar-refractivity contribution in [1.29, 1.82) is 0 Å². The van der Waals surface area contributed by atoms with Gasteiger partial charge >= 0.3 is 0 Å². The summed E-state index contributed by atoms with van der Waals surface area (Å²) in [7, 11) is 5.76. The molecule has 0 aliphatic carbocycles. The van der Waals surface area contributed by atoms with E-state index in [9.17, 15) is 0 Å². The van der Waals surface area contributed by atoms with Gasteiger partial charge in [-0.1, -0.05) is 29.8 Å². The van der Waals surface area contributed by atoms with Gasteiger partial charge in [-0.05, 0) is 37.1 Å². The third kappa shape index (κ3) is 6.53. The van der Waals surface area contributed by atoms with E-state index >= 15 is 0 Å². The molecule has 2 N–H and O–H groups in total. The molecule has 0 atom stereocenters. The largest absolute Gasteiger partial charge is 0.363 e. The third-order valence-corrected chi connectivity index (χ3v) is 3.86. The summed E-state index contributed by atoms with van der Waals surface area (Å²) in [5.41, 5.74) is 4.83. The molecule has 25 heavy (non-hydrogen) atoms. The van der Waals surface area contributed by atoms with E-state index in [-0.39, 0.29) is 24.0 Å². The Morgan fingerprint density at radius 2 is 1.80 bits per heavy atom. The van der Waals surface area contributed by atoms with Crippen LogP contribution in [0.2, 0.25) is 0 Å². The topological polar surface area (TPSA) is 52.6 Å². The Morgan fingerprint density at radius 1 is 1.08 bits per heavy atom. The van der Waals surface area contributed by atoms with Crippen molar-refractivity contribution in [2.45, 2.75) is 26.9 Å². The molecule has 0 radical (unpaired) electrons. The smallest absolute Gasteiger partial charge is 0.191 e. The van der Waals surface area contributed by atoms with Crippen molar-refractivity contribution in [2.75, 3.05) is 26.0 Å². The quantitative estimate of drug-likeness (QED) is 0.415. The standard InChI is InChI=1S/C19H27N5.HI/c1-14-9-10-16(15(2)11-14)12-21-19(20-3)22-13-17-7-6-8-18(23-17)24(4)5;/h6-11H,12-13H2,1-5H3,(H2,20,21,22);1H. The van der Waals surface area contributed by atoms with Gasteiger partial charge in [-0.2, -0.15) is 0 Å². The summed E-state index contributed by atoms with van der Waals surface area (Å²) in [4.78, 5) is 10.9. The normalized spacial score (nSPS) is 10.8. The lowest BCUT2D eigenvalue weighted by Crippen LogP contribution is -2.36. The number of halogens is 1. The van der Waals surface area contributed by atoms with Crippen LogP contribution in [0.5, 0.6) is 0 Å². The fourth-order valence-corrected chi connectivity index (χ4v) is 2.43. The number of hydrogen-bond donors (Lipinski definition) is 2. The molecule has 136 valence electrons. The van der Waals surface area contributed by atoms with Crippen LogP contribution in [-0.4, -0.2) is 32.1 Å². The van der Waals surface area contributed by atoms with E-state index in [4.69, 9.17) is 0 Å². The van der Waals surface area contributed by atoms with E-state index in [0.717, 1.165) is 24.0 Å². The van der Waals surface area contributed by atoms with Crippen LogP contribution in [0.4, 0.5) is 5.82 Å². The van der Waals surface area contributed by atoms with Crippen molar-refractivity contribution in [3.8, 4) is 0 Å². The molecule has 0 saturated heterocycles. The van der Waals surface area contributed by atoms with Crippen LogP contribution < -0.4 is 15.5 Å². The Hall–Kier alpha value is -1.83. The van der Waals surface area contributed by atoms with Crippen LogP contribution in [0.15, 0.2) is 41.4 Å². The second-order valence-corrected chi connectivity index (χ2v) is 6.09. The van der Waals surface area contributed by atoms with Gasteiger partial charge in [-0.15, -0.1) is 24.0 Å². The second kappa shape index (κ2) is 10.2. The number of pyridine rings is 1. The average Bonchev–Trinajstić information content (AvgIpc) is 2.56. The number of guanidine groups is 1. The zero-order valence-electron chi connectivity index (χ0n) is 15.6. The number of anilines is 1. The first-order chi connectivity index (χ1) is 11.5. The minimum atomic E-state index is 0. The number of benzene rings is 1. The van der Waals surface area contributed by atoms with E-state index in [1.54, 1.807) is 7.05 Å². The Kier molecular flexibility index (Phi) is 8.68. The molecule has 1 aromatic heterocycles. The molecule has 0 fully saturated rings. The second-order valence-electron chi connectivity index (χ2n) is 6.09. The van der Waals surface area contributed by atoms with Crippen molar-refractivity contribution in [3.05, 3.63) is 58.8 Å². The lowest BCUT2D eigenvalue weighted by Gasteiger charge is -2.15. The van der Waals surface area contributed by atoms with Crippen molar-refractivity contribution < 1.29 is 0 Å². The Balaban J connectivity index is 0.00000312. The Morgan fingerprint density at radius 3 is 2.44 bits per heavy atom. The molecule has 6 heteroatoms. The number of aromatic nitrogens is 1. The molecule has 0 bridgehead atoms. The number of nitrogens with zero attached hydrogens (tertiary/aromatic N) is 3. The maximum Gasteiger partial charge on any atom is 0.191 e. The average molecular weight is 453 g/mol. The van der Waals surface area contributed by atoms with Gasteiger partial charge in [-0.25, -0.2) is 4.98 Å². The minimum absolute atomic E-state index is 0. The monoisotopic (exact) mass is 453 g/mol. The molecular weight excluding hydrogens is 425 g/mol. The Labute approximate surface area is 168 Å². The summed E-state index contributed by atoms with van der Waals surface area (Å²) < 4.78 is 0. The van der Waals surface area contributed by atoms with Crippen LogP contribution >= 0.6 is 24.0 Å².